The van der Waals surface area contributed by atoms with Crippen LogP contribution in [-0.4, -0.2) is 37.9 Å². The first-order valence-corrected chi connectivity index (χ1v) is 12.4. The summed E-state index contributed by atoms with van der Waals surface area (Å²) in [5.41, 5.74) is 1.03. The van der Waals surface area contributed by atoms with Crippen LogP contribution >= 0.6 is 0 Å². The van der Waals surface area contributed by atoms with Crippen LogP contribution in [0.25, 0.3) is 6.08 Å². The molecule has 4 heteroatoms. The van der Waals surface area contributed by atoms with Crippen LogP contribution in [0.3, 0.4) is 0 Å². The Hall–Kier alpha value is -0.596. The molecule has 0 unspecified atom stereocenters. The molecule has 0 aliphatic heterocycles. The Kier molecular flexibility index (Phi) is 11.6. The van der Waals surface area contributed by atoms with E-state index in [-0.39, 0.29) is 16.9 Å². The normalized spacial score (nSPS) is 13.3. The summed E-state index contributed by atoms with van der Waals surface area (Å²) in [6, 6.07) is 9.83. The van der Waals surface area contributed by atoms with E-state index in [1.54, 1.807) is 6.08 Å². The van der Waals surface area contributed by atoms with Gasteiger partial charge in [-0.3, -0.25) is 4.79 Å². The van der Waals surface area contributed by atoms with Crippen molar-refractivity contribution in [2.24, 2.45) is 0 Å². The summed E-state index contributed by atoms with van der Waals surface area (Å²) in [6.45, 7) is 14.9. The average Bonchev–Trinajstić information content (AvgIpc) is 2.53. The molecule has 136 valence electrons. The average molecular weight is 355 g/mol. The van der Waals surface area contributed by atoms with Crippen molar-refractivity contribution in [3.8, 4) is 0 Å². The topological polar surface area (TPSA) is 26.3 Å². The molecule has 1 atom stereocenters. The van der Waals surface area contributed by atoms with Crippen molar-refractivity contribution in [3.63, 3.8) is 0 Å². The zero-order valence-corrected chi connectivity index (χ0v) is 18.6. The SMILES string of the molecule is C[C@H](O[Si](C)(C)C(C)(C)C)C(=O)/C=C/c1ccccc1.[Li][CH2]CCC. The summed E-state index contributed by atoms with van der Waals surface area (Å²) in [7, 11) is -1.89. The van der Waals surface area contributed by atoms with Gasteiger partial charge in [-0.15, -0.1) is 0 Å². The van der Waals surface area contributed by atoms with Gasteiger partial charge in [-0.05, 0) is 36.7 Å². The van der Waals surface area contributed by atoms with E-state index in [9.17, 15) is 4.79 Å². The number of hydrogen-bond donors (Lipinski definition) is 0. The fraction of sp³-hybridized carbons (Fsp3) is 0.571. The minimum absolute atomic E-state index is 0.0266. The third-order valence-corrected chi connectivity index (χ3v) is 9.18. The van der Waals surface area contributed by atoms with Gasteiger partial charge in [-0.2, -0.15) is 0 Å². The molecule has 0 aliphatic rings. The summed E-state index contributed by atoms with van der Waals surface area (Å²) in [6.07, 6.45) is 5.81. The van der Waals surface area contributed by atoms with Gasteiger partial charge in [0, 0.05) is 0 Å². The molecule has 0 bridgehead atoms. The first-order valence-electron chi connectivity index (χ1n) is 9.50. The monoisotopic (exact) mass is 354 g/mol. The first kappa shape index (κ1) is 24.4. The Morgan fingerprint density at radius 3 is 2.20 bits per heavy atom. The predicted octanol–water partition coefficient (Wildman–Crippen LogP) is 6.05. The molecular weight excluding hydrogens is 319 g/mol. The van der Waals surface area contributed by atoms with Crippen molar-refractivity contribution < 1.29 is 9.22 Å². The van der Waals surface area contributed by atoms with Gasteiger partial charge in [-0.1, -0.05) is 57.2 Å². The van der Waals surface area contributed by atoms with Crippen molar-refractivity contribution in [1.29, 1.82) is 0 Å². The van der Waals surface area contributed by atoms with Crippen LogP contribution in [0.4, 0.5) is 0 Å². The molecule has 0 N–H and O–H groups in total. The van der Waals surface area contributed by atoms with Gasteiger partial charge >= 0.3 is 42.6 Å². The summed E-state index contributed by atoms with van der Waals surface area (Å²) < 4.78 is 6.09. The number of hydrogen-bond acceptors (Lipinski definition) is 2. The molecule has 0 radical (unpaired) electrons. The standard InChI is InChI=1S/C17H26O2Si.C4H9.Li/c1-14(19-20(5,6)17(2,3)4)16(18)13-12-15-10-8-7-9-11-15;1-3-4-2;/h7-14H,1-6H3;1,3-4H2,2H3;/b13-12+;;/t14-;;/m0../s1. The number of carbonyl (C=O) groups is 1. The number of rotatable bonds is 7. The van der Waals surface area contributed by atoms with E-state index in [2.05, 4.69) is 58.5 Å². The molecule has 0 amide bonds. The Labute approximate surface area is 165 Å². The van der Waals surface area contributed by atoms with Crippen molar-refractivity contribution in [2.45, 2.75) is 76.8 Å². The third-order valence-electron chi connectivity index (χ3n) is 4.62. The van der Waals surface area contributed by atoms with E-state index < -0.39 is 8.32 Å². The molecule has 0 saturated heterocycles. The minimum atomic E-state index is -1.89. The molecule has 0 spiro atoms. The summed E-state index contributed by atoms with van der Waals surface area (Å²) in [4.78, 5) is 12.1. The van der Waals surface area contributed by atoms with E-state index in [4.69, 9.17) is 4.43 Å². The molecule has 0 saturated carbocycles. The van der Waals surface area contributed by atoms with E-state index in [1.165, 1.54) is 17.9 Å². The molecule has 2 nitrogen and oxygen atoms in total. The molecule has 0 fully saturated rings. The van der Waals surface area contributed by atoms with Crippen LogP contribution in [0.1, 0.15) is 53.0 Å². The molecule has 0 aromatic heterocycles. The van der Waals surface area contributed by atoms with Crippen LogP contribution in [0, 0.1) is 0 Å². The van der Waals surface area contributed by atoms with Crippen molar-refractivity contribution in [2.75, 3.05) is 0 Å². The number of ketones is 1. The van der Waals surface area contributed by atoms with Crippen LogP contribution in [0.2, 0.25) is 23.2 Å². The number of benzene rings is 1. The summed E-state index contributed by atoms with van der Waals surface area (Å²) in [5, 5.41) is 1.46. The molecule has 0 heterocycles. The van der Waals surface area contributed by atoms with Gasteiger partial charge in [0.05, 0.1) is 0 Å². The zero-order valence-electron chi connectivity index (χ0n) is 17.6. The van der Waals surface area contributed by atoms with E-state index >= 15 is 0 Å². The summed E-state index contributed by atoms with van der Waals surface area (Å²) in [5.74, 6) is 0.0266. The second-order valence-electron chi connectivity index (χ2n) is 8.02. The van der Waals surface area contributed by atoms with Gasteiger partial charge < -0.3 is 4.43 Å². The fourth-order valence-corrected chi connectivity index (χ4v) is 3.26. The summed E-state index contributed by atoms with van der Waals surface area (Å²) >= 11 is 2.21. The third kappa shape index (κ3) is 10.2. The van der Waals surface area contributed by atoms with E-state index in [1.807, 2.05) is 43.3 Å². The van der Waals surface area contributed by atoms with Gasteiger partial charge in [-0.25, -0.2) is 0 Å². The number of carbonyl (C=O) groups excluding carboxylic acids is 1. The van der Waals surface area contributed by atoms with Crippen molar-refractivity contribution in [3.05, 3.63) is 42.0 Å². The number of unbranched alkanes of at least 4 members (excludes halogenated alkanes) is 1. The quantitative estimate of drug-likeness (QED) is 0.440. The Morgan fingerprint density at radius 1 is 1.24 bits per heavy atom. The second-order valence-corrected chi connectivity index (χ2v) is 12.8. The van der Waals surface area contributed by atoms with E-state index in [0.717, 1.165) is 5.56 Å². The van der Waals surface area contributed by atoms with Crippen LogP contribution in [-0.2, 0) is 9.22 Å². The maximum atomic E-state index is 12.1. The van der Waals surface area contributed by atoms with Gasteiger partial charge in [0.15, 0.2) is 14.1 Å². The molecule has 0 aliphatic carbocycles. The molecular formula is C21H35LiO2Si. The van der Waals surface area contributed by atoms with Gasteiger partial charge in [0.25, 0.3) is 0 Å². The van der Waals surface area contributed by atoms with Crippen LogP contribution < -0.4 is 0 Å². The second kappa shape index (κ2) is 11.9. The van der Waals surface area contributed by atoms with Crippen molar-refractivity contribution in [1.82, 2.24) is 0 Å². The molecule has 25 heavy (non-hydrogen) atoms. The Morgan fingerprint density at radius 2 is 1.80 bits per heavy atom. The Bertz CT molecular complexity index is 516. The first-order chi connectivity index (χ1) is 11.5. The van der Waals surface area contributed by atoms with Gasteiger partial charge in [0.2, 0.25) is 0 Å². The van der Waals surface area contributed by atoms with Crippen LogP contribution in [0.5, 0.6) is 0 Å². The molecule has 1 aromatic rings. The van der Waals surface area contributed by atoms with Crippen LogP contribution in [0.15, 0.2) is 36.4 Å². The zero-order chi connectivity index (χ0) is 19.5. The maximum absolute atomic E-state index is 12.1. The molecule has 1 rings (SSSR count). The van der Waals surface area contributed by atoms with E-state index in [0.29, 0.717) is 0 Å². The van der Waals surface area contributed by atoms with Crippen molar-refractivity contribution >= 4 is 37.9 Å². The fourth-order valence-electron chi connectivity index (χ4n) is 1.91. The van der Waals surface area contributed by atoms with Gasteiger partial charge in [0.1, 0.15) is 6.10 Å². The molecule has 1 aromatic carbocycles. The Balaban J connectivity index is 0.00000101. The predicted molar refractivity (Wildman–Crippen MR) is 114 cm³/mol.